The van der Waals surface area contributed by atoms with E-state index < -0.39 is 5.41 Å². The Morgan fingerprint density at radius 2 is 0.786 bits per heavy atom. The Morgan fingerprint density at radius 3 is 1.51 bits per heavy atom. The Balaban J connectivity index is 1.03. The number of nitrogens with zero attached hydrogens (tertiary/aromatic N) is 1. The maximum absolute atomic E-state index is 6.69. The van der Waals surface area contributed by atoms with Crippen LogP contribution in [-0.4, -0.2) is 0 Å². The lowest BCUT2D eigenvalue weighted by molar-refractivity contribution is 0.488. The predicted molar refractivity (Wildman–Crippen MR) is 287 cm³/mol. The highest BCUT2D eigenvalue weighted by Gasteiger charge is 2.51. The fourth-order valence-corrected chi connectivity index (χ4v) is 12.6. The van der Waals surface area contributed by atoms with Gasteiger partial charge in [0.25, 0.3) is 0 Å². The van der Waals surface area contributed by atoms with E-state index in [4.69, 9.17) is 4.74 Å². The van der Waals surface area contributed by atoms with Gasteiger partial charge < -0.3 is 9.64 Å². The zero-order chi connectivity index (χ0) is 45.9. The minimum absolute atomic E-state index is 0.657. The largest absolute Gasteiger partial charge is 0.456 e. The van der Waals surface area contributed by atoms with Gasteiger partial charge in [-0.1, -0.05) is 200 Å². The molecule has 3 aliphatic carbocycles. The maximum Gasteiger partial charge on any atom is 0.135 e. The molecule has 15 rings (SSSR count). The lowest BCUT2D eigenvalue weighted by atomic mass is 9.65. The number of hydrogen-bond donors (Lipinski definition) is 0. The second-order valence-electron chi connectivity index (χ2n) is 19.0. The zero-order valence-corrected chi connectivity index (χ0v) is 38.2. The summed E-state index contributed by atoms with van der Waals surface area (Å²) in [6.45, 7) is 0. The first kappa shape index (κ1) is 39.1. The van der Waals surface area contributed by atoms with Gasteiger partial charge in [-0.15, -0.1) is 0 Å². The maximum atomic E-state index is 6.69. The lowest BCUT2D eigenvalue weighted by Crippen LogP contribution is -2.29. The van der Waals surface area contributed by atoms with Gasteiger partial charge in [0.2, 0.25) is 0 Å². The number of para-hydroxylation sites is 2. The first-order chi connectivity index (χ1) is 34.7. The van der Waals surface area contributed by atoms with Crippen LogP contribution in [0, 0.1) is 0 Å². The highest BCUT2D eigenvalue weighted by molar-refractivity contribution is 6.03. The first-order valence-corrected chi connectivity index (χ1v) is 24.4. The highest BCUT2D eigenvalue weighted by atomic mass is 16.5. The highest BCUT2D eigenvalue weighted by Crippen LogP contribution is 2.64. The molecule has 0 bridgehead atoms. The molecule has 1 spiro atoms. The van der Waals surface area contributed by atoms with E-state index in [0.29, 0.717) is 0 Å². The molecule has 326 valence electrons. The Kier molecular flexibility index (Phi) is 8.38. The molecular formula is C68H43NO. The second kappa shape index (κ2) is 15.0. The van der Waals surface area contributed by atoms with E-state index in [1.165, 1.54) is 89.0 Å². The van der Waals surface area contributed by atoms with Crippen LogP contribution in [0.5, 0.6) is 11.5 Å². The number of benzene rings is 11. The van der Waals surface area contributed by atoms with Crippen molar-refractivity contribution >= 4 is 17.1 Å². The summed E-state index contributed by atoms with van der Waals surface area (Å²) in [6, 6.07) is 92.4. The molecule has 0 fully saturated rings. The average molecular weight is 890 g/mol. The lowest BCUT2D eigenvalue weighted by Gasteiger charge is -2.36. The molecule has 11 aromatic carbocycles. The molecule has 0 saturated carbocycles. The van der Waals surface area contributed by atoms with E-state index in [1.54, 1.807) is 0 Å². The van der Waals surface area contributed by atoms with Crippen LogP contribution in [0.1, 0.15) is 33.4 Å². The fraction of sp³-hybridized carbons (Fsp3) is 0.0294. The van der Waals surface area contributed by atoms with Crippen molar-refractivity contribution in [2.24, 2.45) is 0 Å². The molecule has 70 heavy (non-hydrogen) atoms. The van der Waals surface area contributed by atoms with Gasteiger partial charge in [-0.2, -0.15) is 0 Å². The summed E-state index contributed by atoms with van der Waals surface area (Å²) in [6.07, 6.45) is 0.942. The van der Waals surface area contributed by atoms with Crippen LogP contribution in [0.15, 0.2) is 249 Å². The molecule has 1 aliphatic heterocycles. The van der Waals surface area contributed by atoms with E-state index >= 15 is 0 Å². The Morgan fingerprint density at radius 1 is 0.286 bits per heavy atom. The van der Waals surface area contributed by atoms with Crippen LogP contribution in [0.3, 0.4) is 0 Å². The quantitative estimate of drug-likeness (QED) is 0.175. The third-order valence-corrected chi connectivity index (χ3v) is 15.5. The Hall–Kier alpha value is -8.98. The minimum atomic E-state index is -0.657. The number of anilines is 3. The third kappa shape index (κ3) is 5.50. The van der Waals surface area contributed by atoms with E-state index in [1.807, 2.05) is 0 Å². The van der Waals surface area contributed by atoms with Crippen LogP contribution in [-0.2, 0) is 11.8 Å². The summed E-state index contributed by atoms with van der Waals surface area (Å²) < 4.78 is 6.69. The van der Waals surface area contributed by atoms with Crippen molar-refractivity contribution in [2.45, 2.75) is 11.8 Å². The summed E-state index contributed by atoms with van der Waals surface area (Å²) in [5.74, 6) is 1.71. The van der Waals surface area contributed by atoms with Gasteiger partial charge in [0.05, 0.1) is 5.41 Å². The number of ether oxygens (including phenoxy) is 1. The molecule has 2 heteroatoms. The Bertz CT molecular complexity index is 3960. The smallest absolute Gasteiger partial charge is 0.135 e. The molecule has 1 atom stereocenters. The van der Waals surface area contributed by atoms with Gasteiger partial charge >= 0.3 is 0 Å². The molecule has 0 aromatic heterocycles. The molecule has 1 heterocycles. The van der Waals surface area contributed by atoms with Gasteiger partial charge in [0.15, 0.2) is 0 Å². The van der Waals surface area contributed by atoms with Gasteiger partial charge in [0, 0.05) is 28.2 Å². The molecule has 0 amide bonds. The van der Waals surface area contributed by atoms with Crippen LogP contribution in [0.25, 0.3) is 77.9 Å². The zero-order valence-electron chi connectivity index (χ0n) is 38.2. The molecule has 0 radical (unpaired) electrons. The SMILES string of the molecule is c1ccc(-c2ccc(N(c3ccc4c(c3)-c3ccccc3Oc3ccccc3-4)c3ccc4c(c3)C3(c5ccccc5-c5ccccc5-4)c4ccccc4-c4c3ccc3c4-c4ccccc4C3)cc2)cc1. The van der Waals surface area contributed by atoms with Crippen molar-refractivity contribution in [2.75, 3.05) is 4.90 Å². The molecular weight excluding hydrogens is 847 g/mol. The molecule has 11 aromatic rings. The van der Waals surface area contributed by atoms with E-state index in [0.717, 1.165) is 57.2 Å². The van der Waals surface area contributed by atoms with Crippen molar-refractivity contribution in [1.82, 2.24) is 0 Å². The van der Waals surface area contributed by atoms with Crippen molar-refractivity contribution < 1.29 is 4.74 Å². The van der Waals surface area contributed by atoms with Crippen molar-refractivity contribution in [3.63, 3.8) is 0 Å². The standard InChI is InChI=1S/C68H43NO/c1-2-16-43(17-3-1)44-30-33-47(34-31-44)69(48-35-37-53-56-23-10-14-28-64(56)70-65-29-15-11-24-57(65)59(53)41-48)49-36-38-55-52-21-7-6-20-51(52)54-22-8-12-26-60(54)68(63(55)42-49)61-27-13-9-25-58(61)67-62(68)39-32-46-40-45-18-4-5-19-50(45)66(46)67/h1-39,41-42H,40H2. The van der Waals surface area contributed by atoms with Crippen LogP contribution >= 0.6 is 0 Å². The van der Waals surface area contributed by atoms with E-state index in [2.05, 4.69) is 254 Å². The van der Waals surface area contributed by atoms with Crippen LogP contribution in [0.2, 0.25) is 0 Å². The summed E-state index contributed by atoms with van der Waals surface area (Å²) in [5, 5.41) is 0. The third-order valence-electron chi connectivity index (χ3n) is 15.5. The summed E-state index contributed by atoms with van der Waals surface area (Å²) in [4.78, 5) is 2.46. The predicted octanol–water partition coefficient (Wildman–Crippen LogP) is 17.8. The molecule has 4 aliphatic rings. The van der Waals surface area contributed by atoms with Gasteiger partial charge in [-0.3, -0.25) is 0 Å². The van der Waals surface area contributed by atoms with E-state index in [-0.39, 0.29) is 0 Å². The average Bonchev–Trinajstić information content (AvgIpc) is 3.87. The molecule has 2 nitrogen and oxygen atoms in total. The van der Waals surface area contributed by atoms with Crippen molar-refractivity contribution in [3.05, 3.63) is 282 Å². The van der Waals surface area contributed by atoms with Gasteiger partial charge in [-0.05, 0) is 155 Å². The fourth-order valence-electron chi connectivity index (χ4n) is 12.6. The monoisotopic (exact) mass is 889 g/mol. The number of fused-ring (bicyclic) bond motifs is 21. The summed E-state index contributed by atoms with van der Waals surface area (Å²) in [5.41, 5.74) is 27.8. The minimum Gasteiger partial charge on any atom is -0.456 e. The Labute approximate surface area is 408 Å². The number of hydrogen-bond acceptors (Lipinski definition) is 2. The van der Waals surface area contributed by atoms with E-state index in [9.17, 15) is 0 Å². The molecule has 0 N–H and O–H groups in total. The topological polar surface area (TPSA) is 12.5 Å². The van der Waals surface area contributed by atoms with Gasteiger partial charge in [-0.25, -0.2) is 0 Å². The second-order valence-corrected chi connectivity index (χ2v) is 19.0. The molecule has 1 unspecified atom stereocenters. The van der Waals surface area contributed by atoms with Crippen molar-refractivity contribution in [3.8, 4) is 89.4 Å². The van der Waals surface area contributed by atoms with Crippen molar-refractivity contribution in [1.29, 1.82) is 0 Å². The van der Waals surface area contributed by atoms with Crippen LogP contribution in [0.4, 0.5) is 17.1 Å². The summed E-state index contributed by atoms with van der Waals surface area (Å²) in [7, 11) is 0. The summed E-state index contributed by atoms with van der Waals surface area (Å²) >= 11 is 0. The molecule has 0 saturated heterocycles. The first-order valence-electron chi connectivity index (χ1n) is 24.4. The van der Waals surface area contributed by atoms with Gasteiger partial charge in [0.1, 0.15) is 11.5 Å². The normalized spacial score (nSPS) is 14.7. The van der Waals surface area contributed by atoms with Crippen LogP contribution < -0.4 is 9.64 Å². The number of rotatable bonds is 4.